The first-order valence-corrected chi connectivity index (χ1v) is 7.89. The zero-order chi connectivity index (χ0) is 13.9. The molecule has 1 fully saturated rings. The second-order valence-electron chi connectivity index (χ2n) is 6.09. The molecule has 1 aliphatic carbocycles. The molecular formula is C17H24N2O. The third kappa shape index (κ3) is 2.54. The van der Waals surface area contributed by atoms with Crippen LogP contribution in [0.15, 0.2) is 24.3 Å². The minimum Gasteiger partial charge on any atom is -0.373 e. The highest BCUT2D eigenvalue weighted by Gasteiger charge is 2.29. The van der Waals surface area contributed by atoms with Crippen molar-refractivity contribution in [2.24, 2.45) is 5.92 Å². The van der Waals surface area contributed by atoms with Crippen LogP contribution in [0.25, 0.3) is 0 Å². The monoisotopic (exact) mass is 272 g/mol. The van der Waals surface area contributed by atoms with E-state index >= 15 is 0 Å². The van der Waals surface area contributed by atoms with Crippen molar-refractivity contribution in [1.29, 1.82) is 0 Å². The molecule has 0 unspecified atom stereocenters. The first-order valence-electron chi connectivity index (χ1n) is 7.89. The van der Waals surface area contributed by atoms with Gasteiger partial charge in [-0.05, 0) is 31.4 Å². The van der Waals surface area contributed by atoms with Crippen LogP contribution in [0.4, 0.5) is 11.4 Å². The van der Waals surface area contributed by atoms with Gasteiger partial charge in [0.25, 0.3) is 0 Å². The molecule has 3 rings (SSSR count). The first-order chi connectivity index (χ1) is 9.77. The zero-order valence-electron chi connectivity index (χ0n) is 12.3. The van der Waals surface area contributed by atoms with Gasteiger partial charge < -0.3 is 9.80 Å². The van der Waals surface area contributed by atoms with E-state index in [4.69, 9.17) is 0 Å². The molecular weight excluding hydrogens is 248 g/mol. The summed E-state index contributed by atoms with van der Waals surface area (Å²) < 4.78 is 0. The van der Waals surface area contributed by atoms with Crippen LogP contribution in [0, 0.1) is 5.92 Å². The number of hydrogen-bond acceptors (Lipinski definition) is 2. The highest BCUT2D eigenvalue weighted by Crippen LogP contribution is 2.34. The van der Waals surface area contributed by atoms with Crippen molar-refractivity contribution in [3.8, 4) is 0 Å². The van der Waals surface area contributed by atoms with Crippen molar-refractivity contribution in [2.75, 3.05) is 29.9 Å². The number of amides is 1. The molecule has 1 aliphatic heterocycles. The van der Waals surface area contributed by atoms with Crippen molar-refractivity contribution in [3.05, 3.63) is 24.3 Å². The van der Waals surface area contributed by atoms with Crippen LogP contribution in [0.1, 0.15) is 38.5 Å². The van der Waals surface area contributed by atoms with Crippen molar-refractivity contribution >= 4 is 17.3 Å². The Kier molecular flexibility index (Phi) is 3.95. The van der Waals surface area contributed by atoms with Crippen molar-refractivity contribution in [1.82, 2.24) is 0 Å². The van der Waals surface area contributed by atoms with E-state index < -0.39 is 0 Å². The van der Waals surface area contributed by atoms with Gasteiger partial charge in [0.2, 0.25) is 5.91 Å². The number of nitrogens with zero attached hydrogens (tertiary/aromatic N) is 2. The van der Waals surface area contributed by atoms with Crippen molar-refractivity contribution in [3.63, 3.8) is 0 Å². The van der Waals surface area contributed by atoms with Crippen LogP contribution in [0.3, 0.4) is 0 Å². The van der Waals surface area contributed by atoms with Crippen molar-refractivity contribution < 1.29 is 4.79 Å². The summed E-state index contributed by atoms with van der Waals surface area (Å²) in [5.74, 6) is 0.604. The molecule has 0 radical (unpaired) electrons. The van der Waals surface area contributed by atoms with Gasteiger partial charge in [0.1, 0.15) is 0 Å². The summed E-state index contributed by atoms with van der Waals surface area (Å²) in [4.78, 5) is 17.2. The molecule has 1 aromatic carbocycles. The second-order valence-corrected chi connectivity index (χ2v) is 6.09. The molecule has 0 saturated heterocycles. The molecule has 0 N–H and O–H groups in total. The fraction of sp³-hybridized carbons (Fsp3) is 0.588. The SMILES string of the molecule is CN1CCCN(C(=O)C2CCCCC2)c2ccccc21. The number of benzene rings is 1. The maximum Gasteiger partial charge on any atom is 0.230 e. The lowest BCUT2D eigenvalue weighted by atomic mass is 9.88. The largest absolute Gasteiger partial charge is 0.373 e. The number of fused-ring (bicyclic) bond motifs is 1. The molecule has 20 heavy (non-hydrogen) atoms. The van der Waals surface area contributed by atoms with Crippen LogP contribution >= 0.6 is 0 Å². The average Bonchev–Trinajstić information content (AvgIpc) is 2.67. The topological polar surface area (TPSA) is 23.6 Å². The number of hydrogen-bond donors (Lipinski definition) is 0. The Morgan fingerprint density at radius 1 is 1.00 bits per heavy atom. The first kappa shape index (κ1) is 13.5. The Hall–Kier alpha value is -1.51. The van der Waals surface area contributed by atoms with E-state index in [1.807, 2.05) is 6.07 Å². The Balaban J connectivity index is 1.88. The van der Waals surface area contributed by atoms with E-state index in [2.05, 4.69) is 35.0 Å². The van der Waals surface area contributed by atoms with Gasteiger partial charge in [0, 0.05) is 26.1 Å². The molecule has 1 saturated carbocycles. The highest BCUT2D eigenvalue weighted by molar-refractivity contribution is 5.98. The summed E-state index contributed by atoms with van der Waals surface area (Å²) in [5, 5.41) is 0. The third-order valence-electron chi connectivity index (χ3n) is 4.68. The van der Waals surface area contributed by atoms with Crippen LogP contribution < -0.4 is 9.80 Å². The van der Waals surface area contributed by atoms with E-state index in [0.29, 0.717) is 5.91 Å². The Morgan fingerprint density at radius 3 is 2.45 bits per heavy atom. The van der Waals surface area contributed by atoms with Crippen LogP contribution in [-0.4, -0.2) is 26.0 Å². The van der Waals surface area contributed by atoms with Crippen LogP contribution in [-0.2, 0) is 4.79 Å². The summed E-state index contributed by atoms with van der Waals surface area (Å²) in [6.45, 7) is 1.88. The quantitative estimate of drug-likeness (QED) is 0.782. The van der Waals surface area contributed by atoms with E-state index in [9.17, 15) is 4.79 Å². The van der Waals surface area contributed by atoms with Crippen molar-refractivity contribution in [2.45, 2.75) is 38.5 Å². The smallest absolute Gasteiger partial charge is 0.230 e. The molecule has 108 valence electrons. The van der Waals surface area contributed by atoms with Crippen LogP contribution in [0.2, 0.25) is 0 Å². The molecule has 0 atom stereocenters. The van der Waals surface area contributed by atoms with Gasteiger partial charge >= 0.3 is 0 Å². The predicted octanol–water partition coefficient (Wildman–Crippen LogP) is 3.44. The maximum absolute atomic E-state index is 12.9. The summed E-state index contributed by atoms with van der Waals surface area (Å²) in [6, 6.07) is 8.32. The van der Waals surface area contributed by atoms with Gasteiger partial charge in [-0.2, -0.15) is 0 Å². The molecule has 3 heteroatoms. The van der Waals surface area contributed by atoms with Gasteiger partial charge in [0.15, 0.2) is 0 Å². The second kappa shape index (κ2) is 5.86. The number of anilines is 2. The van der Waals surface area contributed by atoms with E-state index in [0.717, 1.165) is 38.0 Å². The molecule has 3 nitrogen and oxygen atoms in total. The highest BCUT2D eigenvalue weighted by atomic mass is 16.2. The lowest BCUT2D eigenvalue weighted by molar-refractivity contribution is -0.123. The number of rotatable bonds is 1. The van der Waals surface area contributed by atoms with Gasteiger partial charge in [-0.25, -0.2) is 0 Å². The lowest BCUT2D eigenvalue weighted by Gasteiger charge is -2.29. The van der Waals surface area contributed by atoms with E-state index in [1.165, 1.54) is 24.9 Å². The van der Waals surface area contributed by atoms with E-state index in [1.54, 1.807) is 0 Å². The minimum atomic E-state index is 0.250. The summed E-state index contributed by atoms with van der Waals surface area (Å²) in [5.41, 5.74) is 2.29. The van der Waals surface area contributed by atoms with E-state index in [-0.39, 0.29) is 5.92 Å². The predicted molar refractivity (Wildman–Crippen MR) is 83.3 cm³/mol. The fourth-order valence-corrected chi connectivity index (χ4v) is 3.52. The molecule has 1 aromatic rings. The molecule has 0 bridgehead atoms. The Morgan fingerprint density at radius 2 is 1.70 bits per heavy atom. The average molecular weight is 272 g/mol. The van der Waals surface area contributed by atoms with Gasteiger partial charge in [0.05, 0.1) is 11.4 Å². The number of carbonyl (C=O) groups is 1. The Bertz CT molecular complexity index is 480. The standard InChI is InChI=1S/C17H24N2O/c1-18-12-7-13-19(16-11-6-5-10-15(16)18)17(20)14-8-3-2-4-9-14/h5-6,10-11,14H,2-4,7-9,12-13H2,1H3. The number of carbonyl (C=O) groups excluding carboxylic acids is 1. The zero-order valence-corrected chi connectivity index (χ0v) is 12.3. The minimum absolute atomic E-state index is 0.250. The Labute approximate surface area is 121 Å². The summed E-state index contributed by atoms with van der Waals surface area (Å²) >= 11 is 0. The third-order valence-corrected chi connectivity index (χ3v) is 4.68. The normalized spacial score (nSPS) is 20.4. The van der Waals surface area contributed by atoms with Gasteiger partial charge in [-0.1, -0.05) is 31.4 Å². The summed E-state index contributed by atoms with van der Waals surface area (Å²) in [7, 11) is 2.12. The van der Waals surface area contributed by atoms with Crippen LogP contribution in [0.5, 0.6) is 0 Å². The molecule has 2 aliphatic rings. The molecule has 1 heterocycles. The molecule has 1 amide bonds. The lowest BCUT2D eigenvalue weighted by Crippen LogP contribution is -2.37. The van der Waals surface area contributed by atoms with Gasteiger partial charge in [-0.3, -0.25) is 4.79 Å². The maximum atomic E-state index is 12.9. The fourth-order valence-electron chi connectivity index (χ4n) is 3.52. The number of para-hydroxylation sites is 2. The molecule has 0 aromatic heterocycles. The summed E-state index contributed by atoms with van der Waals surface area (Å²) in [6.07, 6.45) is 6.92. The van der Waals surface area contributed by atoms with Gasteiger partial charge in [-0.15, -0.1) is 0 Å². The molecule has 0 spiro atoms.